The fraction of sp³-hybridized carbons (Fsp3) is 0.300. The van der Waals surface area contributed by atoms with E-state index in [9.17, 15) is 18.4 Å². The van der Waals surface area contributed by atoms with Crippen LogP contribution in [0.5, 0.6) is 0 Å². The van der Waals surface area contributed by atoms with E-state index in [2.05, 4.69) is 5.32 Å². The highest BCUT2D eigenvalue weighted by atomic mass is 19.1. The third kappa shape index (κ3) is 3.74. The Hall–Kier alpha value is -2.76. The molecule has 0 spiro atoms. The zero-order valence-corrected chi connectivity index (χ0v) is 14.3. The molecule has 0 heterocycles. The van der Waals surface area contributed by atoms with Gasteiger partial charge in [-0.05, 0) is 49.4 Å². The average molecular weight is 359 g/mol. The van der Waals surface area contributed by atoms with Crippen molar-refractivity contribution in [2.75, 3.05) is 0 Å². The number of hydrogen-bond acceptors (Lipinski definition) is 3. The first-order valence-corrected chi connectivity index (χ1v) is 8.50. The summed E-state index contributed by atoms with van der Waals surface area (Å²) >= 11 is 0. The summed E-state index contributed by atoms with van der Waals surface area (Å²) in [6, 6.07) is 10.8. The number of carbonyl (C=O) groups is 2. The molecule has 3 rings (SSSR count). The van der Waals surface area contributed by atoms with Crippen LogP contribution in [0.1, 0.15) is 47.3 Å². The summed E-state index contributed by atoms with van der Waals surface area (Å²) in [5.41, 5.74) is 1.43. The van der Waals surface area contributed by atoms with Crippen LogP contribution < -0.4 is 5.32 Å². The molecule has 2 unspecified atom stereocenters. The molecule has 0 fully saturated rings. The van der Waals surface area contributed by atoms with Crippen LogP contribution in [0.3, 0.4) is 0 Å². The number of ether oxygens (including phenoxy) is 1. The van der Waals surface area contributed by atoms with E-state index in [0.717, 1.165) is 43.0 Å². The number of benzene rings is 2. The highest BCUT2D eigenvalue weighted by Gasteiger charge is 2.27. The third-order valence-electron chi connectivity index (χ3n) is 4.51. The number of aryl methyl sites for hydroxylation is 1. The summed E-state index contributed by atoms with van der Waals surface area (Å²) in [4.78, 5) is 24.4. The second-order valence-corrected chi connectivity index (χ2v) is 6.30. The SMILES string of the molecule is CC(OC(=O)c1c(F)cccc1F)C(=O)NC1CCCc2ccccc21. The van der Waals surface area contributed by atoms with Crippen molar-refractivity contribution in [2.24, 2.45) is 0 Å². The summed E-state index contributed by atoms with van der Waals surface area (Å²) in [5, 5.41) is 2.86. The van der Waals surface area contributed by atoms with Gasteiger partial charge < -0.3 is 10.1 Å². The first-order valence-electron chi connectivity index (χ1n) is 8.50. The van der Waals surface area contributed by atoms with Gasteiger partial charge >= 0.3 is 5.97 Å². The van der Waals surface area contributed by atoms with Crippen molar-refractivity contribution in [3.63, 3.8) is 0 Å². The van der Waals surface area contributed by atoms with Crippen LogP contribution >= 0.6 is 0 Å². The molecular formula is C20H19F2NO3. The van der Waals surface area contributed by atoms with Crippen LogP contribution in [0, 0.1) is 11.6 Å². The molecule has 1 aliphatic carbocycles. The smallest absolute Gasteiger partial charge is 0.344 e. The number of amides is 1. The van der Waals surface area contributed by atoms with E-state index >= 15 is 0 Å². The number of carbonyl (C=O) groups excluding carboxylic acids is 2. The molecule has 2 aromatic rings. The maximum absolute atomic E-state index is 13.6. The molecule has 2 atom stereocenters. The number of esters is 1. The van der Waals surface area contributed by atoms with Crippen molar-refractivity contribution >= 4 is 11.9 Å². The Bertz CT molecular complexity index is 817. The van der Waals surface area contributed by atoms with Gasteiger partial charge in [0.1, 0.15) is 17.2 Å². The van der Waals surface area contributed by atoms with Crippen molar-refractivity contribution in [2.45, 2.75) is 38.3 Å². The highest BCUT2D eigenvalue weighted by molar-refractivity contribution is 5.92. The number of halogens is 2. The average Bonchev–Trinajstić information content (AvgIpc) is 2.61. The lowest BCUT2D eigenvalue weighted by Gasteiger charge is -2.27. The predicted octanol–water partition coefficient (Wildman–Crippen LogP) is 3.70. The van der Waals surface area contributed by atoms with Crippen LogP contribution in [0.15, 0.2) is 42.5 Å². The fourth-order valence-electron chi connectivity index (χ4n) is 3.16. The molecule has 2 aromatic carbocycles. The molecule has 1 N–H and O–H groups in total. The van der Waals surface area contributed by atoms with Gasteiger partial charge in [0.2, 0.25) is 0 Å². The third-order valence-corrected chi connectivity index (χ3v) is 4.51. The second-order valence-electron chi connectivity index (χ2n) is 6.30. The lowest BCUT2D eigenvalue weighted by molar-refractivity contribution is -0.130. The van der Waals surface area contributed by atoms with E-state index in [-0.39, 0.29) is 6.04 Å². The minimum atomic E-state index is -1.20. The number of hydrogen-bond donors (Lipinski definition) is 1. The summed E-state index contributed by atoms with van der Waals surface area (Å²) < 4.78 is 32.3. The topological polar surface area (TPSA) is 55.4 Å². The van der Waals surface area contributed by atoms with Crippen molar-refractivity contribution in [3.8, 4) is 0 Å². The van der Waals surface area contributed by atoms with E-state index in [1.165, 1.54) is 12.5 Å². The summed E-state index contributed by atoms with van der Waals surface area (Å²) in [5.74, 6) is -3.75. The zero-order valence-electron chi connectivity index (χ0n) is 14.3. The van der Waals surface area contributed by atoms with E-state index in [1.807, 2.05) is 24.3 Å². The Morgan fingerprint density at radius 3 is 2.54 bits per heavy atom. The number of nitrogens with one attached hydrogen (secondary N) is 1. The van der Waals surface area contributed by atoms with Gasteiger partial charge in [-0.25, -0.2) is 13.6 Å². The highest BCUT2D eigenvalue weighted by Crippen LogP contribution is 2.29. The van der Waals surface area contributed by atoms with E-state index < -0.39 is 35.2 Å². The van der Waals surface area contributed by atoms with Crippen LogP contribution in [0.25, 0.3) is 0 Å². The van der Waals surface area contributed by atoms with Crippen molar-refractivity contribution in [1.29, 1.82) is 0 Å². The van der Waals surface area contributed by atoms with E-state index in [1.54, 1.807) is 0 Å². The minimum absolute atomic E-state index is 0.168. The molecule has 136 valence electrons. The second kappa shape index (κ2) is 7.64. The van der Waals surface area contributed by atoms with Crippen LogP contribution in [-0.4, -0.2) is 18.0 Å². The van der Waals surface area contributed by atoms with Gasteiger partial charge in [0.25, 0.3) is 5.91 Å². The Balaban J connectivity index is 1.67. The van der Waals surface area contributed by atoms with Crippen LogP contribution in [-0.2, 0) is 16.0 Å². The molecule has 26 heavy (non-hydrogen) atoms. The molecule has 0 radical (unpaired) electrons. The lowest BCUT2D eigenvalue weighted by Crippen LogP contribution is -2.39. The molecule has 0 aliphatic heterocycles. The largest absolute Gasteiger partial charge is 0.449 e. The molecule has 0 saturated carbocycles. The Kier molecular flexibility index (Phi) is 5.30. The maximum atomic E-state index is 13.6. The lowest BCUT2D eigenvalue weighted by atomic mass is 9.87. The van der Waals surface area contributed by atoms with E-state index in [4.69, 9.17) is 4.74 Å². The molecule has 0 saturated heterocycles. The summed E-state index contributed by atoms with van der Waals surface area (Å²) in [6.45, 7) is 1.38. The quantitative estimate of drug-likeness (QED) is 0.847. The van der Waals surface area contributed by atoms with Gasteiger partial charge in [-0.15, -0.1) is 0 Å². The zero-order chi connectivity index (χ0) is 18.7. The van der Waals surface area contributed by atoms with Gasteiger partial charge in [0.15, 0.2) is 6.10 Å². The molecule has 4 nitrogen and oxygen atoms in total. The van der Waals surface area contributed by atoms with Gasteiger partial charge in [0.05, 0.1) is 6.04 Å². The Labute approximate surface area is 150 Å². The monoisotopic (exact) mass is 359 g/mol. The number of rotatable bonds is 4. The van der Waals surface area contributed by atoms with Crippen molar-refractivity contribution in [1.82, 2.24) is 5.32 Å². The Morgan fingerprint density at radius 1 is 1.12 bits per heavy atom. The van der Waals surface area contributed by atoms with Crippen LogP contribution in [0.4, 0.5) is 8.78 Å². The molecular weight excluding hydrogens is 340 g/mol. The summed E-state index contributed by atoms with van der Waals surface area (Å²) in [6.07, 6.45) is 1.51. The van der Waals surface area contributed by atoms with Gasteiger partial charge in [0, 0.05) is 0 Å². The van der Waals surface area contributed by atoms with Crippen LogP contribution in [0.2, 0.25) is 0 Å². The molecule has 6 heteroatoms. The normalized spacial score (nSPS) is 17.1. The fourth-order valence-corrected chi connectivity index (χ4v) is 3.16. The van der Waals surface area contributed by atoms with Crippen molar-refractivity contribution in [3.05, 3.63) is 70.8 Å². The van der Waals surface area contributed by atoms with Gasteiger partial charge in [-0.1, -0.05) is 30.3 Å². The van der Waals surface area contributed by atoms with Gasteiger partial charge in [-0.2, -0.15) is 0 Å². The maximum Gasteiger partial charge on any atom is 0.344 e. The first kappa shape index (κ1) is 18.0. The molecule has 1 amide bonds. The first-order chi connectivity index (χ1) is 12.5. The van der Waals surface area contributed by atoms with E-state index in [0.29, 0.717) is 0 Å². The van der Waals surface area contributed by atoms with Crippen molar-refractivity contribution < 1.29 is 23.1 Å². The molecule has 1 aliphatic rings. The molecule has 0 bridgehead atoms. The minimum Gasteiger partial charge on any atom is -0.449 e. The Morgan fingerprint density at radius 2 is 1.81 bits per heavy atom. The molecule has 0 aromatic heterocycles. The standard InChI is InChI=1S/C20H19F2NO3/c1-12(26-20(25)18-15(21)9-5-10-16(18)22)19(24)23-17-11-4-7-13-6-2-3-8-14(13)17/h2-3,5-6,8-10,12,17H,4,7,11H2,1H3,(H,23,24). The van der Waals surface area contributed by atoms with Gasteiger partial charge in [-0.3, -0.25) is 4.79 Å². The predicted molar refractivity (Wildman–Crippen MR) is 91.5 cm³/mol. The summed E-state index contributed by atoms with van der Waals surface area (Å²) in [7, 11) is 0. The number of fused-ring (bicyclic) bond motifs is 1.